The molecule has 0 spiro atoms. The molecule has 1 N–H and O–H groups in total. The first-order valence-electron chi connectivity index (χ1n) is 4.52. The molecule has 0 saturated carbocycles. The summed E-state index contributed by atoms with van der Waals surface area (Å²) in [5.41, 5.74) is 4.96. The summed E-state index contributed by atoms with van der Waals surface area (Å²) in [6.45, 7) is 3.96. The van der Waals surface area contributed by atoms with E-state index >= 15 is 0 Å². The lowest BCUT2D eigenvalue weighted by Gasteiger charge is -1.96. The van der Waals surface area contributed by atoms with Crippen molar-refractivity contribution in [1.82, 2.24) is 4.98 Å². The Labute approximate surface area is 96.5 Å². The zero-order valence-corrected chi connectivity index (χ0v) is 10.2. The molecule has 2 aromatic heterocycles. The Morgan fingerprint density at radius 3 is 2.93 bits per heavy atom. The Morgan fingerprint density at radius 2 is 2.33 bits per heavy atom. The van der Waals surface area contributed by atoms with Crippen molar-refractivity contribution in [1.29, 1.82) is 0 Å². The molecule has 0 radical (unpaired) electrons. The quantitative estimate of drug-likeness (QED) is 0.656. The van der Waals surface area contributed by atoms with Crippen LogP contribution in [0.15, 0.2) is 28.0 Å². The van der Waals surface area contributed by atoms with E-state index in [1.807, 2.05) is 30.7 Å². The fraction of sp³-hybridized carbons (Fsp3) is 0.200. The highest BCUT2D eigenvalue weighted by atomic mass is 32.1. The molecule has 5 heteroatoms. The summed E-state index contributed by atoms with van der Waals surface area (Å²) in [5, 5.41) is 9.15. The molecule has 0 aliphatic rings. The standard InChI is InChI=1S/C10H11N3S2/c1-7-6-15-10(11-7)13-12-8(2)9-4-3-5-14-9/h3-6H,1-2H3,(H,11,13)/b12-8+. The number of anilines is 1. The highest BCUT2D eigenvalue weighted by Gasteiger charge is 1.99. The maximum atomic E-state index is 4.28. The number of thiophene rings is 1. The summed E-state index contributed by atoms with van der Waals surface area (Å²) >= 11 is 3.25. The van der Waals surface area contributed by atoms with Crippen LogP contribution in [0.1, 0.15) is 17.5 Å². The van der Waals surface area contributed by atoms with Gasteiger partial charge in [-0.1, -0.05) is 6.07 Å². The lowest BCUT2D eigenvalue weighted by molar-refractivity contribution is 1.21. The average Bonchev–Trinajstić information content (AvgIpc) is 2.84. The minimum absolute atomic E-state index is 0.836. The molecule has 0 saturated heterocycles. The molecular formula is C10H11N3S2. The predicted octanol–water partition coefficient (Wildman–Crippen LogP) is 3.35. The number of rotatable bonds is 3. The number of aryl methyl sites for hydroxylation is 1. The van der Waals surface area contributed by atoms with Gasteiger partial charge in [-0.3, -0.25) is 5.43 Å². The molecule has 0 aliphatic carbocycles. The Bertz CT molecular complexity index is 457. The summed E-state index contributed by atoms with van der Waals surface area (Å²) in [6, 6.07) is 4.07. The molecule has 0 aromatic carbocycles. The van der Waals surface area contributed by atoms with Gasteiger partial charge >= 0.3 is 0 Å². The lowest BCUT2D eigenvalue weighted by atomic mass is 10.3. The van der Waals surface area contributed by atoms with Crippen molar-refractivity contribution >= 4 is 33.5 Å². The topological polar surface area (TPSA) is 37.3 Å². The van der Waals surface area contributed by atoms with Gasteiger partial charge in [-0.2, -0.15) is 5.10 Å². The third-order valence-electron chi connectivity index (χ3n) is 1.82. The fourth-order valence-corrected chi connectivity index (χ4v) is 2.38. The SMILES string of the molecule is C/C(=N\Nc1nc(C)cs1)c1cccs1. The van der Waals surface area contributed by atoms with Gasteiger partial charge in [0.1, 0.15) is 0 Å². The first-order valence-corrected chi connectivity index (χ1v) is 6.28. The predicted molar refractivity (Wildman–Crippen MR) is 67.0 cm³/mol. The highest BCUT2D eigenvalue weighted by Crippen LogP contribution is 2.15. The molecular weight excluding hydrogens is 226 g/mol. The van der Waals surface area contributed by atoms with E-state index in [0.29, 0.717) is 0 Å². The van der Waals surface area contributed by atoms with Crippen molar-refractivity contribution < 1.29 is 0 Å². The first-order chi connectivity index (χ1) is 7.25. The van der Waals surface area contributed by atoms with Crippen LogP contribution in [0.3, 0.4) is 0 Å². The van der Waals surface area contributed by atoms with Crippen LogP contribution in [0.25, 0.3) is 0 Å². The molecule has 0 bridgehead atoms. The van der Waals surface area contributed by atoms with Gasteiger partial charge in [0.15, 0.2) is 0 Å². The van der Waals surface area contributed by atoms with Crippen LogP contribution < -0.4 is 5.43 Å². The molecule has 15 heavy (non-hydrogen) atoms. The smallest absolute Gasteiger partial charge is 0.203 e. The van der Waals surface area contributed by atoms with Crippen LogP contribution >= 0.6 is 22.7 Å². The summed E-state index contributed by atoms with van der Waals surface area (Å²) in [7, 11) is 0. The van der Waals surface area contributed by atoms with Gasteiger partial charge in [-0.05, 0) is 25.3 Å². The lowest BCUT2D eigenvalue weighted by Crippen LogP contribution is -1.96. The molecule has 0 atom stereocenters. The van der Waals surface area contributed by atoms with E-state index in [-0.39, 0.29) is 0 Å². The number of nitrogens with one attached hydrogen (secondary N) is 1. The Morgan fingerprint density at radius 1 is 1.47 bits per heavy atom. The number of hydrogen-bond acceptors (Lipinski definition) is 5. The zero-order valence-electron chi connectivity index (χ0n) is 8.52. The minimum atomic E-state index is 0.836. The maximum absolute atomic E-state index is 4.28. The number of nitrogens with zero attached hydrogens (tertiary/aromatic N) is 2. The molecule has 78 valence electrons. The van der Waals surface area contributed by atoms with E-state index in [2.05, 4.69) is 21.6 Å². The van der Waals surface area contributed by atoms with E-state index in [1.165, 1.54) is 4.88 Å². The monoisotopic (exact) mass is 237 g/mol. The van der Waals surface area contributed by atoms with Gasteiger partial charge in [0.05, 0.1) is 11.4 Å². The van der Waals surface area contributed by atoms with Crippen molar-refractivity contribution in [2.24, 2.45) is 5.10 Å². The Balaban J connectivity index is 2.06. The van der Waals surface area contributed by atoms with Gasteiger partial charge in [0.25, 0.3) is 0 Å². The zero-order chi connectivity index (χ0) is 10.7. The Kier molecular flexibility index (Phi) is 3.13. The normalized spacial score (nSPS) is 11.7. The second kappa shape index (κ2) is 4.55. The van der Waals surface area contributed by atoms with Gasteiger partial charge in [-0.25, -0.2) is 4.98 Å². The van der Waals surface area contributed by atoms with Crippen molar-refractivity contribution in [3.05, 3.63) is 33.5 Å². The molecule has 2 aromatic rings. The van der Waals surface area contributed by atoms with Crippen molar-refractivity contribution in [3.63, 3.8) is 0 Å². The second-order valence-electron chi connectivity index (χ2n) is 3.08. The summed E-state index contributed by atoms with van der Waals surface area (Å²) in [6.07, 6.45) is 0. The first kappa shape index (κ1) is 10.3. The van der Waals surface area contributed by atoms with E-state index in [4.69, 9.17) is 0 Å². The average molecular weight is 237 g/mol. The fourth-order valence-electron chi connectivity index (χ4n) is 1.08. The molecule has 0 unspecified atom stereocenters. The largest absolute Gasteiger partial charge is 0.252 e. The van der Waals surface area contributed by atoms with Crippen molar-refractivity contribution in [2.45, 2.75) is 13.8 Å². The van der Waals surface area contributed by atoms with Gasteiger partial charge < -0.3 is 0 Å². The van der Waals surface area contributed by atoms with Crippen LogP contribution in [-0.2, 0) is 0 Å². The van der Waals surface area contributed by atoms with Gasteiger partial charge in [0.2, 0.25) is 5.13 Å². The van der Waals surface area contributed by atoms with Gasteiger partial charge in [-0.15, -0.1) is 22.7 Å². The van der Waals surface area contributed by atoms with E-state index < -0.39 is 0 Å². The third kappa shape index (κ3) is 2.64. The van der Waals surface area contributed by atoms with E-state index in [1.54, 1.807) is 22.7 Å². The number of hydrogen-bond donors (Lipinski definition) is 1. The molecule has 0 amide bonds. The molecule has 0 aliphatic heterocycles. The summed E-state index contributed by atoms with van der Waals surface area (Å²) in [4.78, 5) is 5.44. The van der Waals surface area contributed by atoms with Gasteiger partial charge in [0, 0.05) is 10.3 Å². The summed E-state index contributed by atoms with van der Waals surface area (Å²) in [5.74, 6) is 0. The molecule has 3 nitrogen and oxygen atoms in total. The molecule has 2 rings (SSSR count). The number of thiazole rings is 1. The third-order valence-corrected chi connectivity index (χ3v) is 3.66. The van der Waals surface area contributed by atoms with Crippen LogP contribution in [-0.4, -0.2) is 10.7 Å². The number of hydrazone groups is 1. The maximum Gasteiger partial charge on any atom is 0.203 e. The minimum Gasteiger partial charge on any atom is -0.252 e. The van der Waals surface area contributed by atoms with Crippen molar-refractivity contribution in [3.8, 4) is 0 Å². The van der Waals surface area contributed by atoms with E-state index in [0.717, 1.165) is 16.5 Å². The molecule has 0 fully saturated rings. The summed E-state index contributed by atoms with van der Waals surface area (Å²) < 4.78 is 0. The highest BCUT2D eigenvalue weighted by molar-refractivity contribution is 7.13. The van der Waals surface area contributed by atoms with Crippen molar-refractivity contribution in [2.75, 3.05) is 5.43 Å². The Hall–Kier alpha value is -1.20. The van der Waals surface area contributed by atoms with Crippen LogP contribution in [0.4, 0.5) is 5.13 Å². The van der Waals surface area contributed by atoms with E-state index in [9.17, 15) is 0 Å². The van der Waals surface area contributed by atoms with Crippen LogP contribution in [0.2, 0.25) is 0 Å². The van der Waals surface area contributed by atoms with Crippen LogP contribution in [0, 0.1) is 6.92 Å². The van der Waals surface area contributed by atoms with Crippen LogP contribution in [0.5, 0.6) is 0 Å². The molecule has 2 heterocycles. The second-order valence-corrected chi connectivity index (χ2v) is 4.89. The number of aromatic nitrogens is 1.